The zero-order chi connectivity index (χ0) is 24.5. The molecule has 3 N–H and O–H groups in total. The second-order valence-electron chi connectivity index (χ2n) is 7.41. The lowest BCUT2D eigenvalue weighted by atomic mass is 10.2. The van der Waals surface area contributed by atoms with Gasteiger partial charge in [0.05, 0.1) is 31.1 Å². The van der Waals surface area contributed by atoms with Crippen molar-refractivity contribution in [3.63, 3.8) is 0 Å². The average molecular weight is 500 g/mol. The maximum absolute atomic E-state index is 13.1. The number of carbonyl (C=O) groups excluding carboxylic acids is 2. The van der Waals surface area contributed by atoms with Crippen LogP contribution in [0.25, 0.3) is 0 Å². The Morgan fingerprint density at radius 2 is 2.09 bits per heavy atom. The number of amides is 1. The van der Waals surface area contributed by atoms with E-state index in [0.717, 1.165) is 0 Å². The quantitative estimate of drug-likeness (QED) is 0.323. The van der Waals surface area contributed by atoms with Gasteiger partial charge < -0.3 is 20.1 Å². The van der Waals surface area contributed by atoms with Gasteiger partial charge in [0, 0.05) is 25.6 Å². The molecule has 0 bridgehead atoms. The van der Waals surface area contributed by atoms with Crippen LogP contribution in [0, 0.1) is 5.92 Å². The second kappa shape index (κ2) is 12.6. The molecule has 182 valence electrons. The highest BCUT2D eigenvalue weighted by Gasteiger charge is 2.25. The minimum Gasteiger partial charge on any atom is -0.466 e. The first-order valence-corrected chi connectivity index (χ1v) is 12.2. The van der Waals surface area contributed by atoms with E-state index in [1.165, 1.54) is 39.7 Å². The number of nitrogen functional groups attached to an aromatic ring is 1. The van der Waals surface area contributed by atoms with Crippen LogP contribution in [-0.4, -0.2) is 59.0 Å². The van der Waals surface area contributed by atoms with Crippen molar-refractivity contribution in [2.75, 3.05) is 43.3 Å². The number of anilines is 2. The van der Waals surface area contributed by atoms with E-state index < -0.39 is 17.2 Å². The third-order valence-electron chi connectivity index (χ3n) is 4.33. The topological polar surface area (TPSA) is 150 Å². The Morgan fingerprint density at radius 1 is 1.36 bits per heavy atom. The molecular weight excluding hydrogens is 470 g/mol. The molecule has 0 radical (unpaired) electrons. The number of thiazole rings is 1. The Hall–Kier alpha value is -2.64. The molecule has 0 atom stereocenters. The van der Waals surface area contributed by atoms with Gasteiger partial charge in [0.1, 0.15) is 5.82 Å². The molecule has 0 spiro atoms. The number of nitrogens with two attached hydrogens (primary N) is 1. The predicted octanol–water partition coefficient (Wildman–Crippen LogP) is 1.11. The smallest absolute Gasteiger partial charge is 0.330 e. The van der Waals surface area contributed by atoms with E-state index >= 15 is 0 Å². The van der Waals surface area contributed by atoms with Gasteiger partial charge in [0.15, 0.2) is 10.0 Å². The van der Waals surface area contributed by atoms with Gasteiger partial charge in [-0.3, -0.25) is 23.9 Å². The number of hydrogen-bond acceptors (Lipinski definition) is 10. The highest BCUT2D eigenvalue weighted by atomic mass is 32.2. The maximum atomic E-state index is 13.1. The summed E-state index contributed by atoms with van der Waals surface area (Å²) in [6, 6.07) is 0. The molecule has 0 fully saturated rings. The van der Waals surface area contributed by atoms with Crippen LogP contribution in [0.5, 0.6) is 0 Å². The van der Waals surface area contributed by atoms with Crippen molar-refractivity contribution in [2.24, 2.45) is 5.92 Å². The molecule has 0 saturated heterocycles. The number of methoxy groups -OCH3 is 1. The Morgan fingerprint density at radius 3 is 2.73 bits per heavy atom. The highest BCUT2D eigenvalue weighted by molar-refractivity contribution is 8.01. The number of nitrogens with one attached hydrogen (secondary N) is 1. The zero-order valence-electron chi connectivity index (χ0n) is 19.1. The van der Waals surface area contributed by atoms with Crippen LogP contribution in [0.4, 0.5) is 11.5 Å². The minimum absolute atomic E-state index is 0.0295. The Balaban J connectivity index is 2.23. The van der Waals surface area contributed by atoms with E-state index in [9.17, 15) is 19.2 Å². The predicted molar refractivity (Wildman–Crippen MR) is 128 cm³/mol. The fourth-order valence-corrected chi connectivity index (χ4v) is 4.65. The molecule has 0 unspecified atom stereocenters. The Labute approximate surface area is 199 Å². The van der Waals surface area contributed by atoms with Gasteiger partial charge >= 0.3 is 11.7 Å². The second-order valence-corrected chi connectivity index (χ2v) is 9.49. The number of carbonyl (C=O) groups is 2. The third kappa shape index (κ3) is 7.44. The van der Waals surface area contributed by atoms with Crippen molar-refractivity contribution in [3.8, 4) is 0 Å². The van der Waals surface area contributed by atoms with Crippen molar-refractivity contribution in [1.82, 2.24) is 14.5 Å². The van der Waals surface area contributed by atoms with E-state index in [1.54, 1.807) is 12.3 Å². The number of hydrogen-bond donors (Lipinski definition) is 2. The fraction of sp³-hybridized carbons (Fsp3) is 0.550. The summed E-state index contributed by atoms with van der Waals surface area (Å²) in [6.45, 7) is 6.38. The summed E-state index contributed by atoms with van der Waals surface area (Å²) in [5.41, 5.74) is 5.29. The van der Waals surface area contributed by atoms with Gasteiger partial charge in [-0.15, -0.1) is 11.3 Å². The van der Waals surface area contributed by atoms with E-state index in [4.69, 9.17) is 15.2 Å². The molecule has 2 aromatic heterocycles. The summed E-state index contributed by atoms with van der Waals surface area (Å²) in [5, 5.41) is 1.73. The number of ether oxygens (including phenoxy) is 2. The van der Waals surface area contributed by atoms with E-state index in [2.05, 4.69) is 9.97 Å². The molecule has 11 nitrogen and oxygen atoms in total. The van der Waals surface area contributed by atoms with Crippen molar-refractivity contribution in [3.05, 3.63) is 31.9 Å². The maximum Gasteiger partial charge on any atom is 0.330 e. The normalized spacial score (nSPS) is 11.1. The van der Waals surface area contributed by atoms with Crippen molar-refractivity contribution < 1.29 is 19.1 Å². The van der Waals surface area contributed by atoms with Gasteiger partial charge in [-0.05, 0) is 12.8 Å². The van der Waals surface area contributed by atoms with Gasteiger partial charge in [-0.1, -0.05) is 25.6 Å². The van der Waals surface area contributed by atoms with E-state index in [-0.39, 0.29) is 55.3 Å². The summed E-state index contributed by atoms with van der Waals surface area (Å²) in [5.74, 6) is -0.773. The van der Waals surface area contributed by atoms with Crippen LogP contribution in [0.1, 0.15) is 26.5 Å². The molecule has 2 aromatic rings. The van der Waals surface area contributed by atoms with E-state index in [1.807, 2.05) is 13.8 Å². The summed E-state index contributed by atoms with van der Waals surface area (Å²) in [4.78, 5) is 57.3. The third-order valence-corrected chi connectivity index (χ3v) is 6.39. The Bertz CT molecular complexity index is 1080. The monoisotopic (exact) mass is 499 g/mol. The molecule has 0 aliphatic carbocycles. The molecule has 2 rings (SSSR count). The molecular formula is C20H29N5O6S2. The number of nitrogens with zero attached hydrogens (tertiary/aromatic N) is 3. The Kier molecular flexibility index (Phi) is 10.1. The van der Waals surface area contributed by atoms with Crippen LogP contribution in [-0.2, 0) is 32.0 Å². The lowest BCUT2D eigenvalue weighted by Crippen LogP contribution is -2.43. The van der Waals surface area contributed by atoms with Gasteiger partial charge in [-0.2, -0.15) is 0 Å². The molecule has 1 amide bonds. The van der Waals surface area contributed by atoms with Crippen LogP contribution in [0.3, 0.4) is 0 Å². The number of thioether (sulfide) groups is 1. The molecule has 0 saturated carbocycles. The van der Waals surface area contributed by atoms with Crippen molar-refractivity contribution >= 4 is 46.5 Å². The highest BCUT2D eigenvalue weighted by Crippen LogP contribution is 2.25. The van der Waals surface area contributed by atoms with Crippen LogP contribution < -0.4 is 21.9 Å². The molecule has 2 heterocycles. The number of esters is 1. The van der Waals surface area contributed by atoms with Crippen LogP contribution in [0.15, 0.2) is 19.3 Å². The molecule has 33 heavy (non-hydrogen) atoms. The first-order chi connectivity index (χ1) is 15.7. The minimum atomic E-state index is -0.738. The lowest BCUT2D eigenvalue weighted by Gasteiger charge is -2.24. The number of aromatic amines is 1. The number of aromatic nitrogens is 3. The summed E-state index contributed by atoms with van der Waals surface area (Å²) in [7, 11) is 1.48. The molecule has 0 aliphatic rings. The van der Waals surface area contributed by atoms with Crippen LogP contribution >= 0.6 is 23.1 Å². The molecule has 0 aliphatic heterocycles. The van der Waals surface area contributed by atoms with E-state index in [0.29, 0.717) is 16.6 Å². The average Bonchev–Trinajstić information content (AvgIpc) is 3.18. The largest absolute Gasteiger partial charge is 0.466 e. The molecule has 13 heteroatoms. The van der Waals surface area contributed by atoms with Crippen LogP contribution in [0.2, 0.25) is 0 Å². The number of H-pyrrole nitrogens is 1. The lowest BCUT2D eigenvalue weighted by molar-refractivity contribution is -0.142. The first-order valence-electron chi connectivity index (χ1n) is 10.3. The zero-order valence-corrected chi connectivity index (χ0v) is 20.7. The van der Waals surface area contributed by atoms with Crippen molar-refractivity contribution in [1.29, 1.82) is 0 Å². The fourth-order valence-electron chi connectivity index (χ4n) is 2.93. The van der Waals surface area contributed by atoms with Gasteiger partial charge in [-0.25, -0.2) is 9.78 Å². The summed E-state index contributed by atoms with van der Waals surface area (Å²) >= 11 is 2.48. The first kappa shape index (κ1) is 26.6. The number of rotatable bonds is 12. The SMILES string of the molecule is CCOC(=O)Cc1csc(SCC(=O)N(CCOC)c2c(N)n(CC(C)C)c(=O)[nH]c2=O)n1. The molecule has 0 aromatic carbocycles. The van der Waals surface area contributed by atoms with Crippen molar-refractivity contribution in [2.45, 2.75) is 38.1 Å². The van der Waals surface area contributed by atoms with Gasteiger partial charge in [0.2, 0.25) is 5.91 Å². The standard InChI is InChI=1S/C20H29N5O6S2/c1-5-31-15(27)8-13-10-32-20(22-13)33-11-14(26)24(6-7-30-4)16-17(21)25(9-12(2)3)19(29)23-18(16)28/h10,12H,5-9,11,21H2,1-4H3,(H,23,28,29). The summed E-state index contributed by atoms with van der Waals surface area (Å²) < 4.78 is 11.9. The summed E-state index contributed by atoms with van der Waals surface area (Å²) in [6.07, 6.45) is 0.0577. The van der Waals surface area contributed by atoms with Gasteiger partial charge in [0.25, 0.3) is 5.56 Å².